The largest absolute Gasteiger partial charge is 0.497 e. The minimum atomic E-state index is -1.32. The fraction of sp³-hybridized carbons (Fsp3) is 0.474. The number of amides is 4. The third-order valence-corrected chi connectivity index (χ3v) is 4.72. The van der Waals surface area contributed by atoms with E-state index >= 15 is 0 Å². The third-order valence-electron chi connectivity index (χ3n) is 4.72. The van der Waals surface area contributed by atoms with Crippen molar-refractivity contribution in [3.63, 3.8) is 0 Å². The molecule has 2 atom stereocenters. The Bertz CT molecular complexity index is 763. The van der Waals surface area contributed by atoms with Crippen LogP contribution in [0.3, 0.4) is 0 Å². The summed E-state index contributed by atoms with van der Waals surface area (Å²) in [4.78, 5) is 49.4. The number of methoxy groups -OCH3 is 1. The van der Waals surface area contributed by atoms with Crippen LogP contribution in [0.5, 0.6) is 5.75 Å². The predicted octanol–water partition coefficient (Wildman–Crippen LogP) is 1.22. The molecule has 1 saturated heterocycles. The van der Waals surface area contributed by atoms with Crippen LogP contribution in [-0.4, -0.2) is 53.5 Å². The summed E-state index contributed by atoms with van der Waals surface area (Å²) in [7, 11) is 1.52. The highest BCUT2D eigenvalue weighted by atomic mass is 16.5. The number of aliphatic carboxylic acids is 1. The molecule has 1 heterocycles. The van der Waals surface area contributed by atoms with Gasteiger partial charge in [-0.15, -0.1) is 0 Å². The van der Waals surface area contributed by atoms with Gasteiger partial charge in [0, 0.05) is 0 Å². The highest BCUT2D eigenvalue weighted by molar-refractivity contribution is 6.09. The van der Waals surface area contributed by atoms with Crippen LogP contribution in [0.15, 0.2) is 24.3 Å². The molecule has 1 aliphatic heterocycles. The number of nitrogens with one attached hydrogen (secondary N) is 2. The van der Waals surface area contributed by atoms with Crippen molar-refractivity contribution in [3.8, 4) is 5.75 Å². The number of carbonyl (C=O) groups is 4. The van der Waals surface area contributed by atoms with Crippen molar-refractivity contribution in [2.24, 2.45) is 0 Å². The quantitative estimate of drug-likeness (QED) is 0.544. The van der Waals surface area contributed by atoms with Crippen LogP contribution in [0.4, 0.5) is 4.79 Å². The molecule has 1 aromatic rings. The number of carboxylic acids is 1. The lowest BCUT2D eigenvalue weighted by molar-refractivity contribution is -0.142. The van der Waals surface area contributed by atoms with Crippen LogP contribution in [0.1, 0.15) is 38.7 Å². The highest BCUT2D eigenvalue weighted by Gasteiger charge is 2.49. The molecule has 0 spiro atoms. The number of ether oxygens (including phenoxy) is 1. The molecule has 1 aliphatic rings. The Kier molecular flexibility index (Phi) is 6.61. The smallest absolute Gasteiger partial charge is 0.326 e. The number of benzene rings is 1. The molecule has 0 aliphatic carbocycles. The summed E-state index contributed by atoms with van der Waals surface area (Å²) in [6, 6.07) is 4.89. The van der Waals surface area contributed by atoms with E-state index in [9.17, 15) is 24.3 Å². The monoisotopic (exact) mass is 391 g/mol. The lowest BCUT2D eigenvalue weighted by Crippen LogP contribution is -2.47. The van der Waals surface area contributed by atoms with Crippen LogP contribution in [0.2, 0.25) is 0 Å². The van der Waals surface area contributed by atoms with Gasteiger partial charge in [-0.25, -0.2) is 9.59 Å². The molecule has 4 amide bonds. The summed E-state index contributed by atoms with van der Waals surface area (Å²) in [5.41, 5.74) is -0.779. The van der Waals surface area contributed by atoms with E-state index in [-0.39, 0.29) is 6.42 Å². The van der Waals surface area contributed by atoms with E-state index in [1.165, 1.54) is 7.11 Å². The van der Waals surface area contributed by atoms with E-state index in [1.54, 1.807) is 31.2 Å². The van der Waals surface area contributed by atoms with Gasteiger partial charge in [-0.05, 0) is 31.0 Å². The Hall–Kier alpha value is -3.10. The number of imide groups is 1. The van der Waals surface area contributed by atoms with Gasteiger partial charge in [0.1, 0.15) is 23.9 Å². The molecule has 0 bridgehead atoms. The first-order chi connectivity index (χ1) is 13.2. The van der Waals surface area contributed by atoms with Crippen LogP contribution < -0.4 is 15.4 Å². The Labute approximate surface area is 163 Å². The van der Waals surface area contributed by atoms with Crippen LogP contribution in [0.25, 0.3) is 0 Å². The van der Waals surface area contributed by atoms with Crippen molar-refractivity contribution in [1.29, 1.82) is 0 Å². The van der Waals surface area contributed by atoms with Gasteiger partial charge >= 0.3 is 12.0 Å². The number of carbonyl (C=O) groups excluding carboxylic acids is 3. The van der Waals surface area contributed by atoms with Gasteiger partial charge in [-0.3, -0.25) is 14.5 Å². The molecular weight excluding hydrogens is 366 g/mol. The van der Waals surface area contributed by atoms with Gasteiger partial charge < -0.3 is 20.5 Å². The van der Waals surface area contributed by atoms with Gasteiger partial charge in [0.05, 0.1) is 7.11 Å². The molecule has 0 aromatic heterocycles. The zero-order valence-corrected chi connectivity index (χ0v) is 16.2. The zero-order chi connectivity index (χ0) is 20.9. The normalized spacial score (nSPS) is 19.9. The van der Waals surface area contributed by atoms with Crippen molar-refractivity contribution < 1.29 is 29.0 Å². The molecule has 28 heavy (non-hydrogen) atoms. The lowest BCUT2D eigenvalue weighted by atomic mass is 9.92. The molecule has 9 heteroatoms. The summed E-state index contributed by atoms with van der Waals surface area (Å²) in [6.45, 7) is 2.91. The molecule has 0 saturated carbocycles. The van der Waals surface area contributed by atoms with Gasteiger partial charge in [-0.1, -0.05) is 31.9 Å². The molecule has 1 aromatic carbocycles. The number of rotatable bonds is 9. The Morgan fingerprint density at radius 2 is 1.93 bits per heavy atom. The van der Waals surface area contributed by atoms with Crippen molar-refractivity contribution in [2.45, 2.75) is 44.7 Å². The Balaban J connectivity index is 2.10. The number of unbranched alkanes of at least 4 members (excludes halogenated alkanes) is 1. The lowest BCUT2D eigenvalue weighted by Gasteiger charge is -2.22. The van der Waals surface area contributed by atoms with Crippen molar-refractivity contribution in [3.05, 3.63) is 29.8 Å². The Morgan fingerprint density at radius 1 is 1.29 bits per heavy atom. The number of hydrogen-bond donors (Lipinski definition) is 3. The standard InChI is InChI=1S/C19H25N3O6/c1-4-5-6-14(16(24)25)20-15(23)11-22-17(26)19(2,21-18(22)27)12-7-9-13(28-3)10-8-12/h7-10,14H,4-6,11H2,1-3H3,(H,20,23)(H,21,27)(H,24,25). The van der Waals surface area contributed by atoms with Gasteiger partial charge in [0.2, 0.25) is 5.91 Å². The topological polar surface area (TPSA) is 125 Å². The average Bonchev–Trinajstić information content (AvgIpc) is 2.89. The second kappa shape index (κ2) is 8.73. The summed E-state index contributed by atoms with van der Waals surface area (Å²) in [5.74, 6) is -1.83. The molecule has 9 nitrogen and oxygen atoms in total. The summed E-state index contributed by atoms with van der Waals surface area (Å²) < 4.78 is 5.09. The van der Waals surface area contributed by atoms with Crippen molar-refractivity contribution in [1.82, 2.24) is 15.5 Å². The number of hydrogen-bond acceptors (Lipinski definition) is 5. The minimum Gasteiger partial charge on any atom is -0.497 e. The van der Waals surface area contributed by atoms with Crippen LogP contribution >= 0.6 is 0 Å². The molecule has 152 valence electrons. The fourth-order valence-corrected chi connectivity index (χ4v) is 3.01. The number of carboxylic acid groups (broad SMARTS) is 1. The van der Waals surface area contributed by atoms with Crippen molar-refractivity contribution >= 4 is 23.8 Å². The first kappa shape index (κ1) is 21.2. The SMILES string of the molecule is CCCCC(NC(=O)CN1C(=O)NC(C)(c2ccc(OC)cc2)C1=O)C(=O)O. The summed E-state index contributed by atoms with van der Waals surface area (Å²) in [5, 5.41) is 14.2. The third kappa shape index (κ3) is 4.41. The molecular formula is C19H25N3O6. The summed E-state index contributed by atoms with van der Waals surface area (Å²) >= 11 is 0. The van der Waals surface area contributed by atoms with Crippen LogP contribution in [0, 0.1) is 0 Å². The van der Waals surface area contributed by atoms with Gasteiger partial charge in [0.15, 0.2) is 0 Å². The second-order valence-electron chi connectivity index (χ2n) is 6.78. The molecule has 3 N–H and O–H groups in total. The molecule has 2 rings (SSSR count). The number of urea groups is 1. The van der Waals surface area contributed by atoms with E-state index in [0.717, 1.165) is 11.3 Å². The first-order valence-electron chi connectivity index (χ1n) is 9.03. The van der Waals surface area contributed by atoms with Gasteiger partial charge in [0.25, 0.3) is 5.91 Å². The maximum absolute atomic E-state index is 12.8. The zero-order valence-electron chi connectivity index (χ0n) is 16.2. The van der Waals surface area contributed by atoms with Gasteiger partial charge in [-0.2, -0.15) is 0 Å². The molecule has 2 unspecified atom stereocenters. The first-order valence-corrected chi connectivity index (χ1v) is 9.03. The number of nitrogens with zero attached hydrogens (tertiary/aromatic N) is 1. The Morgan fingerprint density at radius 3 is 2.46 bits per heavy atom. The van der Waals surface area contributed by atoms with E-state index in [1.807, 2.05) is 6.92 Å². The minimum absolute atomic E-state index is 0.279. The second-order valence-corrected chi connectivity index (χ2v) is 6.78. The predicted molar refractivity (Wildman–Crippen MR) is 99.7 cm³/mol. The maximum atomic E-state index is 12.8. The maximum Gasteiger partial charge on any atom is 0.326 e. The fourth-order valence-electron chi connectivity index (χ4n) is 3.01. The van der Waals surface area contributed by atoms with E-state index in [0.29, 0.717) is 17.7 Å². The molecule has 1 fully saturated rings. The van der Waals surface area contributed by atoms with Crippen LogP contribution in [-0.2, 0) is 19.9 Å². The molecule has 0 radical (unpaired) electrons. The highest BCUT2D eigenvalue weighted by Crippen LogP contribution is 2.29. The van der Waals surface area contributed by atoms with Crippen molar-refractivity contribution in [2.75, 3.05) is 13.7 Å². The summed E-state index contributed by atoms with van der Waals surface area (Å²) in [6.07, 6.45) is 1.70. The average molecular weight is 391 g/mol. The van der Waals surface area contributed by atoms with E-state index in [4.69, 9.17) is 4.74 Å². The van der Waals surface area contributed by atoms with E-state index in [2.05, 4.69) is 10.6 Å². The van der Waals surface area contributed by atoms with E-state index < -0.39 is 41.9 Å².